The molecular weight excluding hydrogens is 298 g/mol. The molecule has 0 N–H and O–H groups in total. The van der Waals surface area contributed by atoms with Crippen LogP contribution < -0.4 is 9.64 Å². The molecule has 6 nitrogen and oxygen atoms in total. The number of hydrogen-bond donors (Lipinski definition) is 0. The van der Waals surface area contributed by atoms with Gasteiger partial charge in [0, 0.05) is 37.8 Å². The number of piperazine rings is 1. The van der Waals surface area contributed by atoms with Crippen LogP contribution in [-0.2, 0) is 0 Å². The minimum Gasteiger partial charge on any atom is -0.477 e. The van der Waals surface area contributed by atoms with Gasteiger partial charge in [-0.1, -0.05) is 0 Å². The van der Waals surface area contributed by atoms with Crippen LogP contribution in [0.25, 0.3) is 0 Å². The van der Waals surface area contributed by atoms with Crippen LogP contribution in [0.2, 0.25) is 0 Å². The van der Waals surface area contributed by atoms with E-state index in [0.29, 0.717) is 18.5 Å². The Kier molecular flexibility index (Phi) is 4.84. The molecule has 0 aromatic carbocycles. The van der Waals surface area contributed by atoms with Gasteiger partial charge < -0.3 is 9.64 Å². The van der Waals surface area contributed by atoms with E-state index in [2.05, 4.69) is 31.7 Å². The third kappa shape index (κ3) is 3.36. The van der Waals surface area contributed by atoms with E-state index in [1.807, 2.05) is 24.7 Å². The van der Waals surface area contributed by atoms with Gasteiger partial charge >= 0.3 is 0 Å². The molecule has 22 heavy (non-hydrogen) atoms. The largest absolute Gasteiger partial charge is 0.477 e. The van der Waals surface area contributed by atoms with Gasteiger partial charge in [-0.05, 0) is 13.8 Å². The van der Waals surface area contributed by atoms with E-state index < -0.39 is 0 Å². The van der Waals surface area contributed by atoms with Crippen molar-refractivity contribution in [2.24, 2.45) is 0 Å². The minimum atomic E-state index is 0.378. The van der Waals surface area contributed by atoms with E-state index in [0.717, 1.165) is 32.0 Å². The summed E-state index contributed by atoms with van der Waals surface area (Å²) >= 11 is 1.72. The summed E-state index contributed by atoms with van der Waals surface area (Å²) in [7, 11) is 0. The number of nitrogens with zero attached hydrogens (tertiary/aromatic N) is 5. The normalized spacial score (nSPS) is 17.5. The molecule has 3 rings (SSSR count). The molecule has 1 unspecified atom stereocenters. The first-order chi connectivity index (χ1) is 10.8. The third-order valence-corrected chi connectivity index (χ3v) is 4.83. The third-order valence-electron chi connectivity index (χ3n) is 3.89. The van der Waals surface area contributed by atoms with Gasteiger partial charge in [-0.3, -0.25) is 9.88 Å². The Morgan fingerprint density at radius 2 is 2.09 bits per heavy atom. The Balaban J connectivity index is 1.60. The van der Waals surface area contributed by atoms with Crippen molar-refractivity contribution in [1.82, 2.24) is 19.9 Å². The van der Waals surface area contributed by atoms with E-state index >= 15 is 0 Å². The van der Waals surface area contributed by atoms with E-state index in [9.17, 15) is 0 Å². The molecule has 1 fully saturated rings. The zero-order chi connectivity index (χ0) is 15.4. The molecular formula is C15H21N5OS. The highest BCUT2D eigenvalue weighted by Gasteiger charge is 2.24. The lowest BCUT2D eigenvalue weighted by molar-refractivity contribution is 0.197. The Hall–Kier alpha value is -1.73. The number of thiazole rings is 1. The summed E-state index contributed by atoms with van der Waals surface area (Å²) in [6, 6.07) is 0.378. The maximum atomic E-state index is 5.43. The lowest BCUT2D eigenvalue weighted by Crippen LogP contribution is -2.47. The molecule has 0 aliphatic carbocycles. The predicted molar refractivity (Wildman–Crippen MR) is 87.5 cm³/mol. The number of aromatic nitrogens is 3. The van der Waals surface area contributed by atoms with Crippen LogP contribution >= 0.6 is 11.3 Å². The van der Waals surface area contributed by atoms with E-state index in [-0.39, 0.29) is 0 Å². The van der Waals surface area contributed by atoms with Crippen LogP contribution in [0.15, 0.2) is 24.0 Å². The van der Waals surface area contributed by atoms with Crippen molar-refractivity contribution in [3.05, 3.63) is 29.0 Å². The highest BCUT2D eigenvalue weighted by Crippen LogP contribution is 2.24. The first-order valence-electron chi connectivity index (χ1n) is 7.61. The van der Waals surface area contributed by atoms with Gasteiger partial charge in [0.15, 0.2) is 5.82 Å². The van der Waals surface area contributed by atoms with Crippen LogP contribution in [0.3, 0.4) is 0 Å². The maximum Gasteiger partial charge on any atom is 0.234 e. The van der Waals surface area contributed by atoms with E-state index in [1.165, 1.54) is 5.01 Å². The lowest BCUT2D eigenvalue weighted by Gasteiger charge is -2.37. The minimum absolute atomic E-state index is 0.378. The summed E-state index contributed by atoms with van der Waals surface area (Å²) in [6.45, 7) is 8.68. The predicted octanol–water partition coefficient (Wildman–Crippen LogP) is 2.21. The Morgan fingerprint density at radius 3 is 2.77 bits per heavy atom. The van der Waals surface area contributed by atoms with Crippen LogP contribution in [-0.4, -0.2) is 52.6 Å². The van der Waals surface area contributed by atoms with Crippen molar-refractivity contribution in [1.29, 1.82) is 0 Å². The topological polar surface area (TPSA) is 54.4 Å². The molecule has 1 atom stereocenters. The SMILES string of the molecule is CCOc1cncc(N2CCN(C(C)c3nccs3)CC2)n1. The van der Waals surface area contributed by atoms with Crippen LogP contribution in [0.1, 0.15) is 24.9 Å². The van der Waals surface area contributed by atoms with Gasteiger partial charge in [0.2, 0.25) is 5.88 Å². The molecule has 118 valence electrons. The summed E-state index contributed by atoms with van der Waals surface area (Å²) in [5.74, 6) is 1.49. The van der Waals surface area contributed by atoms with Crippen molar-refractivity contribution < 1.29 is 4.74 Å². The van der Waals surface area contributed by atoms with Gasteiger partial charge in [0.25, 0.3) is 0 Å². The fourth-order valence-corrected chi connectivity index (χ4v) is 3.37. The molecule has 0 bridgehead atoms. The Bertz CT molecular complexity index is 583. The quantitative estimate of drug-likeness (QED) is 0.842. The summed E-state index contributed by atoms with van der Waals surface area (Å²) in [4.78, 5) is 17.9. The summed E-state index contributed by atoms with van der Waals surface area (Å²) in [5, 5.41) is 3.23. The van der Waals surface area contributed by atoms with Gasteiger partial charge in [0.05, 0.1) is 25.0 Å². The van der Waals surface area contributed by atoms with Crippen molar-refractivity contribution in [3.8, 4) is 5.88 Å². The summed E-state index contributed by atoms with van der Waals surface area (Å²) in [5.41, 5.74) is 0. The molecule has 0 amide bonds. The van der Waals surface area contributed by atoms with E-state index in [1.54, 1.807) is 17.5 Å². The second kappa shape index (κ2) is 7.02. The van der Waals surface area contributed by atoms with Crippen molar-refractivity contribution >= 4 is 17.2 Å². The van der Waals surface area contributed by atoms with Crippen LogP contribution in [0.5, 0.6) is 5.88 Å². The summed E-state index contributed by atoms with van der Waals surface area (Å²) < 4.78 is 5.43. The second-order valence-corrected chi connectivity index (χ2v) is 6.14. The highest BCUT2D eigenvalue weighted by molar-refractivity contribution is 7.09. The molecule has 1 saturated heterocycles. The molecule has 2 aromatic rings. The monoisotopic (exact) mass is 319 g/mol. The lowest BCUT2D eigenvalue weighted by atomic mass is 10.2. The number of anilines is 1. The van der Waals surface area contributed by atoms with Gasteiger partial charge in [-0.15, -0.1) is 11.3 Å². The first kappa shape index (κ1) is 15.2. The van der Waals surface area contributed by atoms with Gasteiger partial charge in [0.1, 0.15) is 5.01 Å². The van der Waals surface area contributed by atoms with E-state index in [4.69, 9.17) is 4.74 Å². The molecule has 7 heteroatoms. The molecule has 3 heterocycles. The van der Waals surface area contributed by atoms with Crippen LogP contribution in [0, 0.1) is 0 Å². The van der Waals surface area contributed by atoms with Crippen molar-refractivity contribution in [2.75, 3.05) is 37.7 Å². The number of hydrogen-bond acceptors (Lipinski definition) is 7. The fourth-order valence-electron chi connectivity index (χ4n) is 2.64. The van der Waals surface area contributed by atoms with Crippen molar-refractivity contribution in [2.45, 2.75) is 19.9 Å². The zero-order valence-electron chi connectivity index (χ0n) is 13.0. The van der Waals surface area contributed by atoms with Crippen LogP contribution in [0.4, 0.5) is 5.82 Å². The van der Waals surface area contributed by atoms with Gasteiger partial charge in [-0.2, -0.15) is 4.98 Å². The number of ether oxygens (including phenoxy) is 1. The molecule has 1 aliphatic heterocycles. The van der Waals surface area contributed by atoms with Gasteiger partial charge in [-0.25, -0.2) is 4.98 Å². The molecule has 0 spiro atoms. The molecule has 1 aliphatic rings. The molecule has 0 radical (unpaired) electrons. The Morgan fingerprint density at radius 1 is 1.27 bits per heavy atom. The number of rotatable bonds is 5. The van der Waals surface area contributed by atoms with Crippen molar-refractivity contribution in [3.63, 3.8) is 0 Å². The highest BCUT2D eigenvalue weighted by atomic mass is 32.1. The second-order valence-electron chi connectivity index (χ2n) is 5.22. The average molecular weight is 319 g/mol. The zero-order valence-corrected chi connectivity index (χ0v) is 13.8. The Labute approximate surface area is 134 Å². The maximum absolute atomic E-state index is 5.43. The smallest absolute Gasteiger partial charge is 0.234 e. The average Bonchev–Trinajstić information content (AvgIpc) is 3.09. The first-order valence-corrected chi connectivity index (χ1v) is 8.49. The molecule has 0 saturated carbocycles. The molecule has 2 aromatic heterocycles. The fraction of sp³-hybridized carbons (Fsp3) is 0.533. The standard InChI is InChI=1S/C15H21N5OS/c1-3-21-14-11-16-10-13(18-14)20-7-5-19(6-8-20)12(2)15-17-4-9-22-15/h4,9-12H,3,5-8H2,1-2H3. The summed E-state index contributed by atoms with van der Waals surface area (Å²) in [6.07, 6.45) is 5.35.